The fourth-order valence-electron chi connectivity index (χ4n) is 1.79. The highest BCUT2D eigenvalue weighted by Crippen LogP contribution is 2.15. The zero-order valence-electron chi connectivity index (χ0n) is 9.40. The van der Waals surface area contributed by atoms with Crippen LogP contribution in [-0.2, 0) is 23.1 Å². The number of nitrogens with one attached hydrogen (secondary N) is 1. The molecule has 1 amide bonds. The van der Waals surface area contributed by atoms with Crippen LogP contribution in [0.2, 0.25) is 0 Å². The molecule has 1 fully saturated rings. The summed E-state index contributed by atoms with van der Waals surface area (Å²) in [6.07, 6.45) is 2.53. The van der Waals surface area contributed by atoms with E-state index in [2.05, 4.69) is 5.32 Å². The molecule has 3 N–H and O–H groups in total. The molecule has 1 saturated heterocycles. The first kappa shape index (κ1) is 11.2. The number of carbonyl (C=O) groups is 1. The molecule has 1 aromatic heterocycles. The third kappa shape index (κ3) is 2.10. The lowest BCUT2D eigenvalue weighted by Crippen LogP contribution is -2.54. The summed E-state index contributed by atoms with van der Waals surface area (Å²) in [7, 11) is 1.94. The summed E-state index contributed by atoms with van der Waals surface area (Å²) in [5, 5.41) is 2.84. The van der Waals surface area contributed by atoms with E-state index in [1.165, 1.54) is 0 Å². The van der Waals surface area contributed by atoms with Crippen LogP contribution in [0.5, 0.6) is 0 Å². The highest BCUT2D eigenvalue weighted by atomic mass is 16.5. The monoisotopic (exact) mass is 223 g/mol. The minimum atomic E-state index is -0.842. The summed E-state index contributed by atoms with van der Waals surface area (Å²) in [5.74, 6) is -0.133. The van der Waals surface area contributed by atoms with Crippen molar-refractivity contribution in [2.45, 2.75) is 18.5 Å². The average Bonchev–Trinajstić information content (AvgIpc) is 2.85. The molecule has 2 heterocycles. The van der Waals surface area contributed by atoms with Crippen LogP contribution in [0.3, 0.4) is 0 Å². The molecule has 0 aliphatic carbocycles. The van der Waals surface area contributed by atoms with Crippen molar-refractivity contribution in [3.63, 3.8) is 0 Å². The summed E-state index contributed by atoms with van der Waals surface area (Å²) >= 11 is 0. The second-order valence-corrected chi connectivity index (χ2v) is 4.25. The van der Waals surface area contributed by atoms with Crippen molar-refractivity contribution >= 4 is 5.91 Å². The standard InChI is InChI=1S/C11H17N3O2/c1-14-5-2-3-9(14)7-13-10(15)11(12)4-6-16-8-11/h2-3,5H,4,6-8,12H2,1H3,(H,13,15). The molecule has 16 heavy (non-hydrogen) atoms. The fraction of sp³-hybridized carbons (Fsp3) is 0.545. The first-order chi connectivity index (χ1) is 7.62. The smallest absolute Gasteiger partial charge is 0.242 e. The van der Waals surface area contributed by atoms with E-state index in [4.69, 9.17) is 10.5 Å². The van der Waals surface area contributed by atoms with Crippen LogP contribution in [0, 0.1) is 0 Å². The van der Waals surface area contributed by atoms with Crippen LogP contribution in [0.1, 0.15) is 12.1 Å². The summed E-state index contributed by atoms with van der Waals surface area (Å²) in [6.45, 7) is 1.38. The highest BCUT2D eigenvalue weighted by Gasteiger charge is 2.37. The van der Waals surface area contributed by atoms with Gasteiger partial charge in [-0.05, 0) is 18.6 Å². The Labute approximate surface area is 94.6 Å². The zero-order chi connectivity index (χ0) is 11.6. The largest absolute Gasteiger partial charge is 0.379 e. The van der Waals surface area contributed by atoms with E-state index < -0.39 is 5.54 Å². The third-order valence-corrected chi connectivity index (χ3v) is 2.99. The lowest BCUT2D eigenvalue weighted by Gasteiger charge is -2.20. The highest BCUT2D eigenvalue weighted by molar-refractivity contribution is 5.86. The maximum atomic E-state index is 11.8. The summed E-state index contributed by atoms with van der Waals surface area (Å²) in [5.41, 5.74) is 6.15. The van der Waals surface area contributed by atoms with E-state index >= 15 is 0 Å². The van der Waals surface area contributed by atoms with E-state index in [9.17, 15) is 4.79 Å². The Bertz CT molecular complexity index is 380. The number of carbonyl (C=O) groups excluding carboxylic acids is 1. The molecule has 0 bridgehead atoms. The molecular weight excluding hydrogens is 206 g/mol. The lowest BCUT2D eigenvalue weighted by atomic mass is 9.99. The first-order valence-corrected chi connectivity index (χ1v) is 5.37. The first-order valence-electron chi connectivity index (χ1n) is 5.37. The molecule has 0 radical (unpaired) electrons. The predicted octanol–water partition coefficient (Wildman–Crippen LogP) is -0.241. The number of ether oxygens (including phenoxy) is 1. The van der Waals surface area contributed by atoms with Crippen LogP contribution < -0.4 is 11.1 Å². The number of nitrogens with zero attached hydrogens (tertiary/aromatic N) is 1. The number of amides is 1. The third-order valence-electron chi connectivity index (χ3n) is 2.99. The van der Waals surface area contributed by atoms with Gasteiger partial charge in [-0.1, -0.05) is 0 Å². The Morgan fingerprint density at radius 2 is 2.56 bits per heavy atom. The molecule has 88 valence electrons. The van der Waals surface area contributed by atoms with Gasteiger partial charge in [-0.2, -0.15) is 0 Å². The van der Waals surface area contributed by atoms with E-state index in [0.29, 0.717) is 26.2 Å². The molecule has 5 heteroatoms. The Kier molecular flexibility index (Phi) is 2.98. The normalized spacial score (nSPS) is 24.6. The van der Waals surface area contributed by atoms with Gasteiger partial charge in [-0.15, -0.1) is 0 Å². The maximum absolute atomic E-state index is 11.8. The van der Waals surface area contributed by atoms with E-state index in [1.807, 2.05) is 29.9 Å². The number of aromatic nitrogens is 1. The molecular formula is C11H17N3O2. The van der Waals surface area contributed by atoms with Gasteiger partial charge >= 0.3 is 0 Å². The maximum Gasteiger partial charge on any atom is 0.242 e. The van der Waals surface area contributed by atoms with Gasteiger partial charge < -0.3 is 20.4 Å². The minimum absolute atomic E-state index is 0.133. The van der Waals surface area contributed by atoms with Gasteiger partial charge in [-0.3, -0.25) is 4.79 Å². The molecule has 1 aromatic rings. The zero-order valence-corrected chi connectivity index (χ0v) is 9.40. The Morgan fingerprint density at radius 3 is 3.12 bits per heavy atom. The van der Waals surface area contributed by atoms with Gasteiger partial charge in [0.15, 0.2) is 0 Å². The van der Waals surface area contributed by atoms with Gasteiger partial charge in [-0.25, -0.2) is 0 Å². The van der Waals surface area contributed by atoms with Crippen LogP contribution in [0.25, 0.3) is 0 Å². The van der Waals surface area contributed by atoms with Crippen LogP contribution in [0.4, 0.5) is 0 Å². The minimum Gasteiger partial charge on any atom is -0.379 e. The predicted molar refractivity (Wildman–Crippen MR) is 59.6 cm³/mol. The summed E-state index contributed by atoms with van der Waals surface area (Å²) in [4.78, 5) is 11.8. The van der Waals surface area contributed by atoms with E-state index in [-0.39, 0.29) is 5.91 Å². The van der Waals surface area contributed by atoms with Crippen molar-refractivity contribution < 1.29 is 9.53 Å². The molecule has 0 spiro atoms. The fourth-order valence-corrected chi connectivity index (χ4v) is 1.79. The molecule has 2 rings (SSSR count). The van der Waals surface area contributed by atoms with Crippen molar-refractivity contribution in [1.82, 2.24) is 9.88 Å². The van der Waals surface area contributed by atoms with Gasteiger partial charge in [0.25, 0.3) is 0 Å². The Morgan fingerprint density at radius 1 is 1.75 bits per heavy atom. The van der Waals surface area contributed by atoms with E-state index in [0.717, 1.165) is 5.69 Å². The van der Waals surface area contributed by atoms with Crippen LogP contribution in [0.15, 0.2) is 18.3 Å². The lowest BCUT2D eigenvalue weighted by molar-refractivity contribution is -0.126. The van der Waals surface area contributed by atoms with Gasteiger partial charge in [0.2, 0.25) is 5.91 Å². The molecule has 1 unspecified atom stereocenters. The Hall–Kier alpha value is -1.33. The number of hydrogen-bond donors (Lipinski definition) is 2. The number of aryl methyl sites for hydroxylation is 1. The van der Waals surface area contributed by atoms with Crippen molar-refractivity contribution in [2.75, 3.05) is 13.2 Å². The number of rotatable bonds is 3. The molecule has 0 saturated carbocycles. The Balaban J connectivity index is 1.91. The molecule has 5 nitrogen and oxygen atoms in total. The second kappa shape index (κ2) is 4.27. The van der Waals surface area contributed by atoms with Crippen molar-refractivity contribution in [3.8, 4) is 0 Å². The average molecular weight is 223 g/mol. The van der Waals surface area contributed by atoms with Crippen LogP contribution >= 0.6 is 0 Å². The summed E-state index contributed by atoms with van der Waals surface area (Å²) < 4.78 is 7.12. The second-order valence-electron chi connectivity index (χ2n) is 4.25. The topological polar surface area (TPSA) is 69.3 Å². The van der Waals surface area contributed by atoms with Crippen molar-refractivity contribution in [3.05, 3.63) is 24.0 Å². The molecule has 1 atom stereocenters. The number of hydrogen-bond acceptors (Lipinski definition) is 3. The van der Waals surface area contributed by atoms with Gasteiger partial charge in [0.05, 0.1) is 13.2 Å². The van der Waals surface area contributed by atoms with Gasteiger partial charge in [0.1, 0.15) is 5.54 Å². The SMILES string of the molecule is Cn1cccc1CNC(=O)C1(N)CCOC1. The van der Waals surface area contributed by atoms with E-state index in [1.54, 1.807) is 0 Å². The molecule has 0 aromatic carbocycles. The van der Waals surface area contributed by atoms with Crippen LogP contribution in [-0.4, -0.2) is 29.2 Å². The molecule has 1 aliphatic heterocycles. The quantitative estimate of drug-likeness (QED) is 0.743. The van der Waals surface area contributed by atoms with Gasteiger partial charge in [0, 0.05) is 25.5 Å². The summed E-state index contributed by atoms with van der Waals surface area (Å²) in [6, 6.07) is 3.91. The van der Waals surface area contributed by atoms with Crippen molar-refractivity contribution in [2.24, 2.45) is 12.8 Å². The van der Waals surface area contributed by atoms with Crippen molar-refractivity contribution in [1.29, 1.82) is 0 Å². The molecule has 1 aliphatic rings. The number of nitrogens with two attached hydrogens (primary N) is 1.